The Morgan fingerprint density at radius 3 is 1.40 bits per heavy atom. The van der Waals surface area contributed by atoms with Crippen LogP contribution in [0.5, 0.6) is 0 Å². The van der Waals surface area contributed by atoms with Gasteiger partial charge in [-0.05, 0) is 0 Å². The van der Waals surface area contributed by atoms with E-state index < -0.39 is 0 Å². The molecule has 0 aliphatic heterocycles. The molecule has 1 radical (unpaired) electrons. The zero-order chi connectivity index (χ0) is 3.58. The molecule has 0 atom stereocenters. The third-order valence-electron chi connectivity index (χ3n) is 0. The Bertz CT molecular complexity index is 29.9. The maximum absolute atomic E-state index is 2.12. The molecule has 0 amide bonds. The van der Waals surface area contributed by atoms with Gasteiger partial charge in [-0.25, -0.2) is 0 Å². The van der Waals surface area contributed by atoms with E-state index in [1.807, 2.05) is 0 Å². The van der Waals surface area contributed by atoms with Gasteiger partial charge in [0.25, 0.3) is 0 Å². The van der Waals surface area contributed by atoms with Gasteiger partial charge >= 0.3 is 37.1 Å². The summed E-state index contributed by atoms with van der Waals surface area (Å²) in [5.74, 6) is 0. The van der Waals surface area contributed by atoms with Crippen molar-refractivity contribution in [3.8, 4) is 0 Å². The molecule has 0 saturated heterocycles. The van der Waals surface area contributed by atoms with Crippen molar-refractivity contribution in [2.24, 2.45) is 0 Å². The second kappa shape index (κ2) is 5.14. The van der Waals surface area contributed by atoms with Crippen LogP contribution in [0, 0.1) is 0 Å². The van der Waals surface area contributed by atoms with Crippen LogP contribution >= 0.6 is 0 Å². The third kappa shape index (κ3) is 38.9. The van der Waals surface area contributed by atoms with Crippen LogP contribution in [0.1, 0.15) is 13.8 Å². The molecule has 0 fully saturated rings. The van der Waals surface area contributed by atoms with Crippen LogP contribution in [-0.2, 0) is 37.9 Å². The summed E-state index contributed by atoms with van der Waals surface area (Å²) in [6.45, 7) is 4.24. The van der Waals surface area contributed by atoms with Crippen molar-refractivity contribution in [1.82, 2.24) is 0 Å². The molecule has 0 aliphatic carbocycles. The standard InChI is InChI=1S/C3H6.V.W/c1-3-2;;/h1-2H3;;. The summed E-state index contributed by atoms with van der Waals surface area (Å²) in [4.78, 5) is 0. The average Bonchev–Trinajstić information content (AvgIpc) is 0.811. The van der Waals surface area contributed by atoms with Gasteiger partial charge in [0.05, 0.1) is 0 Å². The smallest absolute Gasteiger partial charge is 0 e. The summed E-state index contributed by atoms with van der Waals surface area (Å²) in [5, 5.41) is 0. The Labute approximate surface area is 55.6 Å². The Morgan fingerprint density at radius 1 is 1.40 bits per heavy atom. The van der Waals surface area contributed by atoms with Crippen molar-refractivity contribution < 1.29 is 37.9 Å². The summed E-state index contributed by atoms with van der Waals surface area (Å²) < 4.78 is 1.50. The van der Waals surface area contributed by atoms with Crippen molar-refractivity contribution in [1.29, 1.82) is 0 Å². The number of rotatable bonds is 0. The fourth-order valence-corrected chi connectivity index (χ4v) is 0. The van der Waals surface area contributed by atoms with Gasteiger partial charge < -0.3 is 0 Å². The summed E-state index contributed by atoms with van der Waals surface area (Å²) in [6, 6.07) is 0. The Morgan fingerprint density at radius 2 is 1.40 bits per heavy atom. The van der Waals surface area contributed by atoms with Crippen LogP contribution in [0.2, 0.25) is 0 Å². The van der Waals surface area contributed by atoms with Crippen molar-refractivity contribution in [2.75, 3.05) is 0 Å². The van der Waals surface area contributed by atoms with E-state index in [0.29, 0.717) is 0 Å². The molecule has 0 aromatic carbocycles. The first-order chi connectivity index (χ1) is 1.73. The van der Waals surface area contributed by atoms with Crippen LogP contribution in [0.3, 0.4) is 0 Å². The molecule has 0 nitrogen and oxygen atoms in total. The SMILES string of the molecule is C[C](C)=[W].[V]. The minimum atomic E-state index is 0. The number of hydrogen-bond donors (Lipinski definition) is 0. The molecule has 2 heteroatoms. The summed E-state index contributed by atoms with van der Waals surface area (Å²) in [6.07, 6.45) is 0. The van der Waals surface area contributed by atoms with Gasteiger partial charge in [-0.3, -0.25) is 0 Å². The number of hydrogen-bond acceptors (Lipinski definition) is 0. The second-order valence-electron chi connectivity index (χ2n) is 0.908. The van der Waals surface area contributed by atoms with Crippen LogP contribution in [0.15, 0.2) is 0 Å². The molecule has 5 heavy (non-hydrogen) atoms. The van der Waals surface area contributed by atoms with Gasteiger partial charge in [-0.2, -0.15) is 0 Å². The molecule has 0 heterocycles. The van der Waals surface area contributed by atoms with Gasteiger partial charge in [0.1, 0.15) is 0 Å². The van der Waals surface area contributed by atoms with Crippen molar-refractivity contribution in [3.05, 3.63) is 0 Å². The molecule has 0 aromatic rings. The van der Waals surface area contributed by atoms with Gasteiger partial charge in [0, 0.05) is 18.6 Å². The Kier molecular flexibility index (Phi) is 9.74. The molecule has 0 aliphatic rings. The Hall–Kier alpha value is 1.14. The molecule has 0 unspecified atom stereocenters. The quantitative estimate of drug-likeness (QED) is 0.612. The maximum Gasteiger partial charge on any atom is 0 e. The Balaban J connectivity index is 0. The van der Waals surface area contributed by atoms with E-state index in [1.165, 1.54) is 3.90 Å². The minimum absolute atomic E-state index is 0. The predicted molar refractivity (Wildman–Crippen MR) is 16.4 cm³/mol. The molecule has 0 saturated carbocycles. The van der Waals surface area contributed by atoms with E-state index in [1.54, 1.807) is 19.4 Å². The largest absolute Gasteiger partial charge is 0 e. The van der Waals surface area contributed by atoms with E-state index >= 15 is 0 Å². The molecule has 0 aromatic heterocycles. The van der Waals surface area contributed by atoms with E-state index in [0.717, 1.165) is 0 Å². The second-order valence-corrected chi connectivity index (χ2v) is 3.84. The average molecular weight is 277 g/mol. The third-order valence-corrected chi connectivity index (χ3v) is 0. The molecular formula is C3H6VW. The topological polar surface area (TPSA) is 0 Å². The van der Waals surface area contributed by atoms with Gasteiger partial charge in [0.15, 0.2) is 0 Å². The predicted octanol–water partition coefficient (Wildman–Crippen LogP) is 0.743. The van der Waals surface area contributed by atoms with Crippen LogP contribution in [0.4, 0.5) is 0 Å². The van der Waals surface area contributed by atoms with Crippen molar-refractivity contribution in [2.45, 2.75) is 13.8 Å². The molecule has 0 rings (SSSR count). The molecule has 0 bridgehead atoms. The van der Waals surface area contributed by atoms with Crippen LogP contribution < -0.4 is 0 Å². The minimum Gasteiger partial charge on any atom is 0 e. The first-order valence-electron chi connectivity index (χ1n) is 1.20. The van der Waals surface area contributed by atoms with E-state index in [4.69, 9.17) is 0 Å². The molecule has 29 valence electrons. The zero-order valence-electron chi connectivity index (χ0n) is 3.36. The first-order valence-corrected chi connectivity index (χ1v) is 2.67. The first kappa shape index (κ1) is 9.47. The van der Waals surface area contributed by atoms with E-state index in [9.17, 15) is 0 Å². The van der Waals surface area contributed by atoms with E-state index in [-0.39, 0.29) is 18.6 Å². The normalized spacial score (nSPS) is 5.20. The zero-order valence-corrected chi connectivity index (χ0v) is 7.69. The summed E-state index contributed by atoms with van der Waals surface area (Å²) >= 11 is 1.59. The monoisotopic (exact) mass is 277 g/mol. The fourth-order valence-electron chi connectivity index (χ4n) is 0. The van der Waals surface area contributed by atoms with Crippen molar-refractivity contribution >= 4 is 3.90 Å². The molecule has 0 spiro atoms. The summed E-state index contributed by atoms with van der Waals surface area (Å²) in [7, 11) is 0. The molecule has 0 N–H and O–H groups in total. The summed E-state index contributed by atoms with van der Waals surface area (Å²) in [5.41, 5.74) is 0. The molecular weight excluding hydrogens is 271 g/mol. The maximum atomic E-state index is 2.12. The van der Waals surface area contributed by atoms with E-state index in [2.05, 4.69) is 13.8 Å². The van der Waals surface area contributed by atoms with Gasteiger partial charge in [-0.15, -0.1) is 0 Å². The van der Waals surface area contributed by atoms with Crippen LogP contribution in [0.25, 0.3) is 0 Å². The van der Waals surface area contributed by atoms with Crippen molar-refractivity contribution in [3.63, 3.8) is 0 Å². The fraction of sp³-hybridized carbons (Fsp3) is 0.667. The van der Waals surface area contributed by atoms with Gasteiger partial charge in [0.2, 0.25) is 0 Å². The van der Waals surface area contributed by atoms with Gasteiger partial charge in [-0.1, -0.05) is 0 Å². The van der Waals surface area contributed by atoms with Crippen LogP contribution in [-0.4, -0.2) is 3.90 Å².